The maximum Gasteiger partial charge on any atom is 0.255 e. The smallest absolute Gasteiger partial charge is 0.255 e. The first-order valence-electron chi connectivity index (χ1n) is 10.9. The van der Waals surface area contributed by atoms with Crippen LogP contribution in [0.1, 0.15) is 15.9 Å². The molecule has 2 aliphatic rings. The van der Waals surface area contributed by atoms with Crippen molar-refractivity contribution >= 4 is 27.3 Å². The number of amides is 1. The van der Waals surface area contributed by atoms with Crippen LogP contribution < -0.4 is 10.2 Å². The predicted octanol–water partition coefficient (Wildman–Crippen LogP) is 1.58. The summed E-state index contributed by atoms with van der Waals surface area (Å²) in [4.78, 5) is 17.5. The molecule has 1 N–H and O–H groups in total. The van der Waals surface area contributed by atoms with Gasteiger partial charge in [-0.25, -0.2) is 8.42 Å². The molecule has 4 rings (SSSR count). The summed E-state index contributed by atoms with van der Waals surface area (Å²) < 4.78 is 33.1. The van der Waals surface area contributed by atoms with E-state index in [2.05, 4.69) is 22.2 Å². The van der Waals surface area contributed by atoms with Gasteiger partial charge in [-0.05, 0) is 49.5 Å². The Morgan fingerprint density at radius 3 is 2.30 bits per heavy atom. The van der Waals surface area contributed by atoms with Crippen molar-refractivity contribution < 1.29 is 17.9 Å². The summed E-state index contributed by atoms with van der Waals surface area (Å²) in [6.07, 6.45) is 0. The SMILES string of the molecule is CN1CCN(c2ccc(S(=O)(=O)N3CCOCC3)cc2NC(=O)c2ccc(C#N)cc2)CC1. The topological polar surface area (TPSA) is 106 Å². The fraction of sp³-hybridized carbons (Fsp3) is 0.391. The zero-order chi connectivity index (χ0) is 23.4. The summed E-state index contributed by atoms with van der Waals surface area (Å²) in [5.74, 6) is -0.365. The van der Waals surface area contributed by atoms with E-state index in [1.165, 1.54) is 4.31 Å². The number of hydrogen-bond acceptors (Lipinski definition) is 7. The lowest BCUT2D eigenvalue weighted by molar-refractivity contribution is 0.0730. The second-order valence-electron chi connectivity index (χ2n) is 8.13. The van der Waals surface area contributed by atoms with Gasteiger partial charge < -0.3 is 19.9 Å². The minimum absolute atomic E-state index is 0.136. The molecule has 2 aliphatic heterocycles. The molecule has 9 nitrogen and oxygen atoms in total. The van der Waals surface area contributed by atoms with E-state index in [0.717, 1.165) is 31.9 Å². The Balaban J connectivity index is 1.66. The van der Waals surface area contributed by atoms with Crippen LogP contribution in [-0.2, 0) is 14.8 Å². The number of nitrogens with one attached hydrogen (secondary N) is 1. The highest BCUT2D eigenvalue weighted by Gasteiger charge is 2.28. The van der Waals surface area contributed by atoms with Crippen molar-refractivity contribution in [2.75, 3.05) is 69.7 Å². The quantitative estimate of drug-likeness (QED) is 0.709. The Labute approximate surface area is 194 Å². The molecule has 2 saturated heterocycles. The van der Waals surface area contributed by atoms with Gasteiger partial charge in [0.15, 0.2) is 0 Å². The molecule has 174 valence electrons. The number of likely N-dealkylation sites (N-methyl/N-ethyl adjacent to an activating group) is 1. The molecule has 2 heterocycles. The number of ether oxygens (including phenoxy) is 1. The van der Waals surface area contributed by atoms with E-state index in [9.17, 15) is 13.2 Å². The van der Waals surface area contributed by atoms with Crippen molar-refractivity contribution in [1.29, 1.82) is 5.26 Å². The number of hydrogen-bond donors (Lipinski definition) is 1. The molecule has 0 aliphatic carbocycles. The fourth-order valence-electron chi connectivity index (χ4n) is 3.93. The van der Waals surface area contributed by atoms with E-state index >= 15 is 0 Å². The third-order valence-corrected chi connectivity index (χ3v) is 7.84. The number of carbonyl (C=O) groups excluding carboxylic acids is 1. The van der Waals surface area contributed by atoms with Crippen LogP contribution in [-0.4, -0.2) is 83.1 Å². The van der Waals surface area contributed by atoms with Crippen LogP contribution in [0.25, 0.3) is 0 Å². The van der Waals surface area contributed by atoms with Crippen LogP contribution in [0.5, 0.6) is 0 Å². The maximum absolute atomic E-state index is 13.2. The van der Waals surface area contributed by atoms with E-state index in [0.29, 0.717) is 43.1 Å². The average Bonchev–Trinajstić information content (AvgIpc) is 2.85. The standard InChI is InChI=1S/C23H27N5O4S/c1-26-8-10-27(11-9-26)22-7-6-20(33(30,31)28-12-14-32-15-13-28)16-21(22)25-23(29)19-4-2-18(17-24)3-5-19/h2-7,16H,8-15H2,1H3,(H,25,29). The van der Waals surface area contributed by atoms with Gasteiger partial charge >= 0.3 is 0 Å². The molecule has 0 saturated carbocycles. The molecule has 10 heteroatoms. The molecule has 0 aromatic heterocycles. The average molecular weight is 470 g/mol. The predicted molar refractivity (Wildman–Crippen MR) is 125 cm³/mol. The van der Waals surface area contributed by atoms with Gasteiger partial charge in [0.25, 0.3) is 5.91 Å². The number of rotatable bonds is 5. The lowest BCUT2D eigenvalue weighted by Gasteiger charge is -2.35. The van der Waals surface area contributed by atoms with Crippen molar-refractivity contribution in [3.63, 3.8) is 0 Å². The van der Waals surface area contributed by atoms with Crippen molar-refractivity contribution in [2.45, 2.75) is 4.90 Å². The van der Waals surface area contributed by atoms with E-state index in [-0.39, 0.29) is 10.8 Å². The summed E-state index contributed by atoms with van der Waals surface area (Å²) in [5.41, 5.74) is 2.08. The number of piperazine rings is 1. The number of sulfonamides is 1. The molecule has 1 amide bonds. The molecule has 0 unspecified atom stereocenters. The van der Waals surface area contributed by atoms with Gasteiger partial charge in [0.2, 0.25) is 10.0 Å². The minimum Gasteiger partial charge on any atom is -0.379 e. The second-order valence-corrected chi connectivity index (χ2v) is 10.1. The van der Waals surface area contributed by atoms with E-state index in [1.807, 2.05) is 6.07 Å². The Kier molecular flexibility index (Phi) is 6.95. The first-order valence-corrected chi connectivity index (χ1v) is 12.3. The van der Waals surface area contributed by atoms with Crippen molar-refractivity contribution in [1.82, 2.24) is 9.21 Å². The van der Waals surface area contributed by atoms with Crippen LogP contribution in [0.4, 0.5) is 11.4 Å². The molecule has 0 bridgehead atoms. The van der Waals surface area contributed by atoms with Gasteiger partial charge in [0, 0.05) is 44.8 Å². The first-order chi connectivity index (χ1) is 15.9. The molecule has 33 heavy (non-hydrogen) atoms. The maximum atomic E-state index is 13.2. The van der Waals surface area contributed by atoms with Gasteiger partial charge in [-0.15, -0.1) is 0 Å². The lowest BCUT2D eigenvalue weighted by Crippen LogP contribution is -2.44. The molecule has 0 radical (unpaired) electrons. The zero-order valence-electron chi connectivity index (χ0n) is 18.5. The summed E-state index contributed by atoms with van der Waals surface area (Å²) in [7, 11) is -1.65. The third kappa shape index (κ3) is 5.17. The number of nitrogens with zero attached hydrogens (tertiary/aromatic N) is 4. The van der Waals surface area contributed by atoms with Crippen LogP contribution >= 0.6 is 0 Å². The largest absolute Gasteiger partial charge is 0.379 e. The number of nitriles is 1. The van der Waals surface area contributed by atoms with Gasteiger partial charge in [-0.2, -0.15) is 9.57 Å². The summed E-state index contributed by atoms with van der Waals surface area (Å²) >= 11 is 0. The molecular weight excluding hydrogens is 442 g/mol. The number of benzene rings is 2. The minimum atomic E-state index is -3.71. The highest BCUT2D eigenvalue weighted by atomic mass is 32.2. The Morgan fingerprint density at radius 1 is 1.00 bits per heavy atom. The molecule has 0 spiro atoms. The Morgan fingerprint density at radius 2 is 1.67 bits per heavy atom. The summed E-state index contributed by atoms with van der Waals surface area (Å²) in [6.45, 7) is 4.61. The van der Waals surface area contributed by atoms with Gasteiger partial charge in [-0.1, -0.05) is 0 Å². The first kappa shape index (κ1) is 23.2. The lowest BCUT2D eigenvalue weighted by atomic mass is 10.1. The summed E-state index contributed by atoms with van der Waals surface area (Å²) in [5, 5.41) is 11.9. The van der Waals surface area contributed by atoms with Crippen molar-refractivity contribution in [3.05, 3.63) is 53.6 Å². The normalized spacial score (nSPS) is 18.0. The summed E-state index contributed by atoms with van der Waals surface area (Å²) in [6, 6.07) is 13.3. The second kappa shape index (κ2) is 9.89. The van der Waals surface area contributed by atoms with Crippen LogP contribution in [0.3, 0.4) is 0 Å². The van der Waals surface area contributed by atoms with Gasteiger partial charge in [-0.3, -0.25) is 4.79 Å². The zero-order valence-corrected chi connectivity index (χ0v) is 19.3. The van der Waals surface area contributed by atoms with Crippen molar-refractivity contribution in [2.24, 2.45) is 0 Å². The highest BCUT2D eigenvalue weighted by molar-refractivity contribution is 7.89. The molecule has 0 atom stereocenters. The molecule has 2 fully saturated rings. The van der Waals surface area contributed by atoms with Crippen LogP contribution in [0.2, 0.25) is 0 Å². The number of morpholine rings is 1. The fourth-order valence-corrected chi connectivity index (χ4v) is 5.36. The van der Waals surface area contributed by atoms with E-state index < -0.39 is 10.0 Å². The van der Waals surface area contributed by atoms with Gasteiger partial charge in [0.1, 0.15) is 0 Å². The number of anilines is 2. The third-order valence-electron chi connectivity index (χ3n) is 5.94. The van der Waals surface area contributed by atoms with Crippen LogP contribution in [0, 0.1) is 11.3 Å². The van der Waals surface area contributed by atoms with E-state index in [4.69, 9.17) is 10.00 Å². The molecule has 2 aromatic carbocycles. The monoisotopic (exact) mass is 469 g/mol. The van der Waals surface area contributed by atoms with Crippen molar-refractivity contribution in [3.8, 4) is 6.07 Å². The Bertz CT molecular complexity index is 1150. The van der Waals surface area contributed by atoms with E-state index in [1.54, 1.807) is 42.5 Å². The highest BCUT2D eigenvalue weighted by Crippen LogP contribution is 2.31. The number of carbonyl (C=O) groups is 1. The van der Waals surface area contributed by atoms with Gasteiger partial charge in [0.05, 0.1) is 41.1 Å². The Hall–Kier alpha value is -2.97. The van der Waals surface area contributed by atoms with Crippen LogP contribution in [0.15, 0.2) is 47.4 Å². The molecule has 2 aromatic rings. The molecular formula is C23H27N5O4S.